The zero-order valence-corrected chi connectivity index (χ0v) is 3.73. The fourth-order valence-corrected chi connectivity index (χ4v) is 0.415. The zero-order valence-electron chi connectivity index (χ0n) is 3.73. The number of rotatable bonds is 0. The normalized spacial score (nSPS) is 49.2. The van der Waals surface area contributed by atoms with Crippen molar-refractivity contribution in [3.05, 3.63) is 6.42 Å². The maximum atomic E-state index is 2.33. The van der Waals surface area contributed by atoms with Crippen LogP contribution in [-0.2, 0) is 0 Å². The molecule has 0 heterocycles. The molecule has 2 atom stereocenters. The molecule has 0 unspecified atom stereocenters. The second kappa shape index (κ2) is 0.735. The molecule has 0 aliphatic heterocycles. The molecule has 0 aromatic carbocycles. The van der Waals surface area contributed by atoms with Gasteiger partial charge >= 0.3 is 0 Å². The molecule has 0 saturated heterocycles. The Kier molecular flexibility index (Phi) is 0.470. The summed E-state index contributed by atoms with van der Waals surface area (Å²) < 4.78 is 0. The number of hydrogen-bond acceptors (Lipinski definition) is 0. The smallest absolute Gasteiger partial charge is 0.0324 e. The standard InChI is InChI=1S/C5H9/c1-4-3-5(4)2/h3-5H,1-2H3/t4-,5+. The van der Waals surface area contributed by atoms with Crippen molar-refractivity contribution in [3.63, 3.8) is 0 Å². The van der Waals surface area contributed by atoms with Gasteiger partial charge < -0.3 is 0 Å². The van der Waals surface area contributed by atoms with E-state index in [2.05, 4.69) is 20.3 Å². The zero-order chi connectivity index (χ0) is 3.86. The molecule has 0 spiro atoms. The topological polar surface area (TPSA) is 0 Å². The predicted molar refractivity (Wildman–Crippen MR) is 22.6 cm³/mol. The molecule has 0 nitrogen and oxygen atoms in total. The third-order valence-corrected chi connectivity index (χ3v) is 1.30. The largest absolute Gasteiger partial charge is 0.0620 e. The van der Waals surface area contributed by atoms with E-state index in [4.69, 9.17) is 0 Å². The van der Waals surface area contributed by atoms with Crippen molar-refractivity contribution in [2.45, 2.75) is 13.8 Å². The van der Waals surface area contributed by atoms with Gasteiger partial charge in [-0.25, -0.2) is 0 Å². The maximum Gasteiger partial charge on any atom is -0.0324 e. The van der Waals surface area contributed by atoms with E-state index in [0.717, 1.165) is 11.8 Å². The minimum atomic E-state index is 0.926. The van der Waals surface area contributed by atoms with Crippen molar-refractivity contribution < 1.29 is 0 Å². The van der Waals surface area contributed by atoms with E-state index in [1.807, 2.05) is 0 Å². The van der Waals surface area contributed by atoms with E-state index in [0.29, 0.717) is 0 Å². The highest BCUT2D eigenvalue weighted by Crippen LogP contribution is 2.34. The van der Waals surface area contributed by atoms with Gasteiger partial charge in [-0.15, -0.1) is 0 Å². The van der Waals surface area contributed by atoms with Crippen molar-refractivity contribution in [1.82, 2.24) is 0 Å². The molecule has 29 valence electrons. The van der Waals surface area contributed by atoms with Gasteiger partial charge in [0.15, 0.2) is 0 Å². The summed E-state index contributed by atoms with van der Waals surface area (Å²) in [6.45, 7) is 4.48. The summed E-state index contributed by atoms with van der Waals surface area (Å²) in [4.78, 5) is 0. The van der Waals surface area contributed by atoms with Gasteiger partial charge in [0.05, 0.1) is 0 Å². The van der Waals surface area contributed by atoms with E-state index in [1.54, 1.807) is 0 Å². The molecule has 1 aliphatic carbocycles. The fourth-order valence-electron chi connectivity index (χ4n) is 0.415. The lowest BCUT2D eigenvalue weighted by Gasteiger charge is -1.66. The summed E-state index contributed by atoms with van der Waals surface area (Å²) in [7, 11) is 0. The molecule has 0 bridgehead atoms. The highest BCUT2D eigenvalue weighted by Gasteiger charge is 2.26. The van der Waals surface area contributed by atoms with Crippen molar-refractivity contribution in [2.24, 2.45) is 11.8 Å². The van der Waals surface area contributed by atoms with Gasteiger partial charge in [-0.05, 0) is 18.3 Å². The van der Waals surface area contributed by atoms with Crippen LogP contribution >= 0.6 is 0 Å². The molecule has 1 saturated carbocycles. The predicted octanol–water partition coefficient (Wildman–Crippen LogP) is 1.48. The maximum absolute atomic E-state index is 2.33. The van der Waals surface area contributed by atoms with E-state index < -0.39 is 0 Å². The Bertz CT molecular complexity index is 33.3. The number of hydrogen-bond donors (Lipinski definition) is 0. The lowest BCUT2D eigenvalue weighted by Crippen LogP contribution is -1.58. The van der Waals surface area contributed by atoms with Gasteiger partial charge in [0.25, 0.3) is 0 Å². The van der Waals surface area contributed by atoms with Gasteiger partial charge in [0.1, 0.15) is 0 Å². The Hall–Kier alpha value is 0. The summed E-state index contributed by atoms with van der Waals surface area (Å²) in [5.74, 6) is 1.85. The second-order valence-electron chi connectivity index (χ2n) is 1.91. The van der Waals surface area contributed by atoms with Crippen LogP contribution in [-0.4, -0.2) is 0 Å². The minimum absolute atomic E-state index is 0.926. The molecular weight excluding hydrogens is 60.1 g/mol. The van der Waals surface area contributed by atoms with Gasteiger partial charge in [0, 0.05) is 0 Å². The van der Waals surface area contributed by atoms with Crippen LogP contribution in [0.2, 0.25) is 0 Å². The second-order valence-corrected chi connectivity index (χ2v) is 1.91. The van der Waals surface area contributed by atoms with Crippen molar-refractivity contribution >= 4 is 0 Å². The average Bonchev–Trinajstić information content (AvgIpc) is 1.79. The first-order chi connectivity index (χ1) is 2.30. The van der Waals surface area contributed by atoms with Gasteiger partial charge in [-0.1, -0.05) is 13.8 Å². The van der Waals surface area contributed by atoms with Crippen molar-refractivity contribution in [2.75, 3.05) is 0 Å². The Labute approximate surface area is 33.2 Å². The molecule has 0 aromatic heterocycles. The molecule has 1 rings (SSSR count). The van der Waals surface area contributed by atoms with Crippen LogP contribution in [0.4, 0.5) is 0 Å². The van der Waals surface area contributed by atoms with Crippen LogP contribution in [0.1, 0.15) is 13.8 Å². The molecule has 0 heteroatoms. The highest BCUT2D eigenvalue weighted by atomic mass is 14.3. The Balaban J connectivity index is 2.20. The van der Waals surface area contributed by atoms with Crippen molar-refractivity contribution in [1.29, 1.82) is 0 Å². The van der Waals surface area contributed by atoms with E-state index in [-0.39, 0.29) is 0 Å². The Morgan fingerprint density at radius 2 is 1.40 bits per heavy atom. The van der Waals surface area contributed by atoms with Crippen LogP contribution < -0.4 is 0 Å². The van der Waals surface area contributed by atoms with Crippen LogP contribution in [0, 0.1) is 18.3 Å². The lowest BCUT2D eigenvalue weighted by atomic mass is 10.4. The monoisotopic (exact) mass is 69.1 g/mol. The van der Waals surface area contributed by atoms with Crippen LogP contribution in [0.25, 0.3) is 0 Å². The average molecular weight is 69.1 g/mol. The van der Waals surface area contributed by atoms with Crippen LogP contribution in [0.3, 0.4) is 0 Å². The molecule has 1 radical (unpaired) electrons. The molecule has 0 amide bonds. The SMILES string of the molecule is C[C@@H]1[CH][C@@H]1C. The summed E-state index contributed by atoms with van der Waals surface area (Å²) in [5, 5.41) is 0. The molecular formula is C5H9. The molecule has 0 N–H and O–H groups in total. The van der Waals surface area contributed by atoms with E-state index >= 15 is 0 Å². The third kappa shape index (κ3) is 0.444. The molecule has 1 fully saturated rings. The Morgan fingerprint density at radius 3 is 1.40 bits per heavy atom. The fraction of sp³-hybridized carbons (Fsp3) is 0.800. The Morgan fingerprint density at radius 1 is 1.20 bits per heavy atom. The highest BCUT2D eigenvalue weighted by molar-refractivity contribution is 4.99. The van der Waals surface area contributed by atoms with E-state index in [9.17, 15) is 0 Å². The molecule has 0 aromatic rings. The first kappa shape index (κ1) is 3.20. The summed E-state index contributed by atoms with van der Waals surface area (Å²) in [6, 6.07) is 0. The van der Waals surface area contributed by atoms with Crippen LogP contribution in [0.5, 0.6) is 0 Å². The molecule has 5 heavy (non-hydrogen) atoms. The quantitative estimate of drug-likeness (QED) is 0.404. The van der Waals surface area contributed by atoms with Crippen molar-refractivity contribution in [3.8, 4) is 0 Å². The first-order valence-electron chi connectivity index (χ1n) is 2.15. The van der Waals surface area contributed by atoms with Gasteiger partial charge in [0.2, 0.25) is 0 Å². The minimum Gasteiger partial charge on any atom is -0.0620 e. The van der Waals surface area contributed by atoms with Gasteiger partial charge in [-0.2, -0.15) is 0 Å². The lowest BCUT2D eigenvalue weighted by molar-refractivity contribution is 0.834. The summed E-state index contributed by atoms with van der Waals surface area (Å²) in [5.41, 5.74) is 0. The van der Waals surface area contributed by atoms with E-state index in [1.165, 1.54) is 0 Å². The first-order valence-corrected chi connectivity index (χ1v) is 2.15. The molecule has 1 aliphatic rings. The van der Waals surface area contributed by atoms with Crippen LogP contribution in [0.15, 0.2) is 0 Å². The third-order valence-electron chi connectivity index (χ3n) is 1.30. The van der Waals surface area contributed by atoms with Gasteiger partial charge in [-0.3, -0.25) is 0 Å². The summed E-state index contributed by atoms with van der Waals surface area (Å²) in [6.07, 6.45) is 2.33. The summed E-state index contributed by atoms with van der Waals surface area (Å²) >= 11 is 0.